The van der Waals surface area contributed by atoms with Crippen LogP contribution < -0.4 is 0 Å². The Kier molecular flexibility index (Phi) is 4.56. The lowest BCUT2D eigenvalue weighted by Gasteiger charge is -2.23. The molecule has 1 atom stereocenters. The van der Waals surface area contributed by atoms with Gasteiger partial charge in [0, 0.05) is 0 Å². The minimum Gasteiger partial charge on any atom is -0.479 e. The molecule has 2 N–H and O–H groups in total. The molecule has 0 aliphatic heterocycles. The van der Waals surface area contributed by atoms with Gasteiger partial charge in [-0.3, -0.25) is 4.79 Å². The van der Waals surface area contributed by atoms with Gasteiger partial charge in [0.25, 0.3) is 0 Å². The Bertz CT molecular complexity index is 223. The van der Waals surface area contributed by atoms with E-state index in [9.17, 15) is 14.7 Å². The average Bonchev–Trinajstić information content (AvgIpc) is 2.02. The topological polar surface area (TPSA) is 83.8 Å². The summed E-state index contributed by atoms with van der Waals surface area (Å²) >= 11 is 0. The van der Waals surface area contributed by atoms with Crippen LogP contribution in [-0.4, -0.2) is 34.9 Å². The molecule has 1 unspecified atom stereocenters. The number of esters is 1. The first-order valence-corrected chi connectivity index (χ1v) is 4.34. The van der Waals surface area contributed by atoms with Crippen LogP contribution in [0.5, 0.6) is 0 Å². The smallest absolute Gasteiger partial charge is 0.336 e. The monoisotopic (exact) mass is 204 g/mol. The summed E-state index contributed by atoms with van der Waals surface area (Å²) in [6.45, 7) is 3.54. The molecule has 0 aliphatic carbocycles. The Morgan fingerprint density at radius 2 is 1.93 bits per heavy atom. The third kappa shape index (κ3) is 3.74. The van der Waals surface area contributed by atoms with Crippen molar-refractivity contribution >= 4 is 11.9 Å². The van der Waals surface area contributed by atoms with Gasteiger partial charge in [-0.15, -0.1) is 0 Å². The van der Waals surface area contributed by atoms with Crippen LogP contribution in [0.25, 0.3) is 0 Å². The molecule has 0 aliphatic rings. The summed E-state index contributed by atoms with van der Waals surface area (Å²) in [6.07, 6.45) is -0.492. The predicted octanol–water partition coefficient (Wildman–Crippen LogP) is 0.411. The van der Waals surface area contributed by atoms with Gasteiger partial charge in [0.05, 0.1) is 13.5 Å². The molecular weight excluding hydrogens is 188 g/mol. The van der Waals surface area contributed by atoms with Crippen LogP contribution in [-0.2, 0) is 14.3 Å². The molecule has 0 aromatic carbocycles. The van der Waals surface area contributed by atoms with Crippen LogP contribution in [0.3, 0.4) is 0 Å². The second kappa shape index (κ2) is 4.95. The highest BCUT2D eigenvalue weighted by atomic mass is 16.5. The van der Waals surface area contributed by atoms with Gasteiger partial charge in [0.1, 0.15) is 0 Å². The summed E-state index contributed by atoms with van der Waals surface area (Å²) in [7, 11) is 1.15. The first-order valence-electron chi connectivity index (χ1n) is 4.34. The lowest BCUT2D eigenvalue weighted by Crippen LogP contribution is -2.42. The molecule has 0 saturated heterocycles. The van der Waals surface area contributed by atoms with Gasteiger partial charge in [0.2, 0.25) is 0 Å². The summed E-state index contributed by atoms with van der Waals surface area (Å²) in [6, 6.07) is 0. The number of carbonyl (C=O) groups excluding carboxylic acids is 1. The fraction of sp³-hybridized carbons (Fsp3) is 0.778. The third-order valence-corrected chi connectivity index (χ3v) is 1.81. The molecule has 0 amide bonds. The van der Waals surface area contributed by atoms with Crippen LogP contribution in [0.15, 0.2) is 0 Å². The van der Waals surface area contributed by atoms with Crippen molar-refractivity contribution in [2.75, 3.05) is 7.11 Å². The lowest BCUT2D eigenvalue weighted by molar-refractivity contribution is -0.168. The highest BCUT2D eigenvalue weighted by molar-refractivity contribution is 5.84. The molecule has 0 saturated carbocycles. The molecule has 0 heterocycles. The summed E-state index contributed by atoms with van der Waals surface area (Å²) in [5.41, 5.74) is -2.01. The van der Waals surface area contributed by atoms with Gasteiger partial charge in [-0.05, 0) is 12.3 Å². The molecule has 5 heteroatoms. The number of aliphatic carboxylic acids is 1. The zero-order chi connectivity index (χ0) is 11.4. The molecule has 82 valence electrons. The number of hydrogen-bond donors (Lipinski definition) is 2. The van der Waals surface area contributed by atoms with E-state index in [4.69, 9.17) is 5.11 Å². The first kappa shape index (κ1) is 12.9. The maximum atomic E-state index is 10.9. The van der Waals surface area contributed by atoms with Crippen molar-refractivity contribution in [3.05, 3.63) is 0 Å². The van der Waals surface area contributed by atoms with E-state index in [2.05, 4.69) is 4.74 Å². The Morgan fingerprint density at radius 3 is 2.21 bits per heavy atom. The molecule has 0 radical (unpaired) electrons. The minimum atomic E-state index is -2.01. The number of ether oxygens (including phenoxy) is 1. The van der Waals surface area contributed by atoms with Crippen molar-refractivity contribution < 1.29 is 24.5 Å². The van der Waals surface area contributed by atoms with Crippen molar-refractivity contribution in [3.8, 4) is 0 Å². The van der Waals surface area contributed by atoms with E-state index in [-0.39, 0.29) is 12.3 Å². The second-order valence-corrected chi connectivity index (χ2v) is 3.69. The lowest BCUT2D eigenvalue weighted by atomic mass is 9.89. The van der Waals surface area contributed by atoms with E-state index in [0.29, 0.717) is 0 Å². The van der Waals surface area contributed by atoms with E-state index in [1.165, 1.54) is 0 Å². The molecule has 0 spiro atoms. The van der Waals surface area contributed by atoms with Crippen LogP contribution in [0.1, 0.15) is 26.7 Å². The Morgan fingerprint density at radius 1 is 1.43 bits per heavy atom. The molecule has 0 rings (SSSR count). The van der Waals surface area contributed by atoms with Crippen LogP contribution in [0, 0.1) is 5.92 Å². The Balaban J connectivity index is 4.55. The van der Waals surface area contributed by atoms with Gasteiger partial charge in [-0.25, -0.2) is 4.79 Å². The highest BCUT2D eigenvalue weighted by Crippen LogP contribution is 2.21. The Hall–Kier alpha value is -1.10. The first-order chi connectivity index (χ1) is 6.31. The molecular formula is C9H16O5. The number of carbonyl (C=O) groups is 2. The minimum absolute atomic E-state index is 0.0132. The molecule has 5 nitrogen and oxygen atoms in total. The Labute approximate surface area is 82.7 Å². The normalized spacial score (nSPS) is 14.9. The molecule has 0 aromatic rings. The second-order valence-electron chi connectivity index (χ2n) is 3.69. The van der Waals surface area contributed by atoms with Crippen LogP contribution in [0.4, 0.5) is 0 Å². The van der Waals surface area contributed by atoms with Gasteiger partial charge < -0.3 is 14.9 Å². The van der Waals surface area contributed by atoms with Crippen molar-refractivity contribution in [2.24, 2.45) is 5.92 Å². The van der Waals surface area contributed by atoms with E-state index in [1.807, 2.05) is 0 Å². The molecule has 0 bridgehead atoms. The highest BCUT2D eigenvalue weighted by Gasteiger charge is 2.39. The average molecular weight is 204 g/mol. The number of hydrogen-bond acceptors (Lipinski definition) is 4. The number of carboxylic acid groups (broad SMARTS) is 1. The van der Waals surface area contributed by atoms with Crippen molar-refractivity contribution in [1.82, 2.24) is 0 Å². The van der Waals surface area contributed by atoms with Gasteiger partial charge >= 0.3 is 11.9 Å². The predicted molar refractivity (Wildman–Crippen MR) is 48.7 cm³/mol. The maximum Gasteiger partial charge on any atom is 0.336 e. The number of methoxy groups -OCH3 is 1. The maximum absolute atomic E-state index is 10.9. The van der Waals surface area contributed by atoms with Gasteiger partial charge in [-0.1, -0.05) is 13.8 Å². The SMILES string of the molecule is COC(=O)CC(O)(CC(C)C)C(=O)O. The van der Waals surface area contributed by atoms with E-state index < -0.39 is 24.0 Å². The zero-order valence-electron chi connectivity index (χ0n) is 8.61. The summed E-state index contributed by atoms with van der Waals surface area (Å²) in [5, 5.41) is 18.4. The summed E-state index contributed by atoms with van der Waals surface area (Å²) in [4.78, 5) is 21.6. The third-order valence-electron chi connectivity index (χ3n) is 1.81. The van der Waals surface area contributed by atoms with Crippen LogP contribution >= 0.6 is 0 Å². The molecule has 0 fully saturated rings. The van der Waals surface area contributed by atoms with Crippen molar-refractivity contribution in [3.63, 3.8) is 0 Å². The number of rotatable bonds is 5. The van der Waals surface area contributed by atoms with E-state index >= 15 is 0 Å². The van der Waals surface area contributed by atoms with E-state index in [1.54, 1.807) is 13.8 Å². The van der Waals surface area contributed by atoms with Crippen molar-refractivity contribution in [2.45, 2.75) is 32.3 Å². The fourth-order valence-corrected chi connectivity index (χ4v) is 1.22. The van der Waals surface area contributed by atoms with Gasteiger partial charge in [-0.2, -0.15) is 0 Å². The van der Waals surface area contributed by atoms with E-state index in [0.717, 1.165) is 7.11 Å². The number of aliphatic hydroxyl groups is 1. The standard InChI is InChI=1S/C9H16O5/c1-6(2)4-9(13,8(11)12)5-7(10)14-3/h6,13H,4-5H2,1-3H3,(H,11,12). The fourth-order valence-electron chi connectivity index (χ4n) is 1.22. The largest absolute Gasteiger partial charge is 0.479 e. The summed E-state index contributed by atoms with van der Waals surface area (Å²) < 4.78 is 4.32. The van der Waals surface area contributed by atoms with Crippen LogP contribution in [0.2, 0.25) is 0 Å². The molecule has 14 heavy (non-hydrogen) atoms. The molecule has 0 aromatic heterocycles. The quantitative estimate of drug-likeness (QED) is 0.634. The zero-order valence-corrected chi connectivity index (χ0v) is 8.61. The van der Waals surface area contributed by atoms with Crippen molar-refractivity contribution in [1.29, 1.82) is 0 Å². The summed E-state index contributed by atoms with van der Waals surface area (Å²) in [5.74, 6) is -2.13. The van der Waals surface area contributed by atoms with Gasteiger partial charge in [0.15, 0.2) is 5.60 Å². The number of carboxylic acids is 1.